The number of rotatable bonds is 1. The van der Waals surface area contributed by atoms with Crippen LogP contribution in [0.2, 0.25) is 0 Å². The van der Waals surface area contributed by atoms with Gasteiger partial charge in [0.2, 0.25) is 0 Å². The van der Waals surface area contributed by atoms with Crippen molar-refractivity contribution in [3.8, 4) is 0 Å². The van der Waals surface area contributed by atoms with Crippen molar-refractivity contribution in [1.82, 2.24) is 0 Å². The molecule has 86 valence electrons. The number of fused-ring (bicyclic) bond motifs is 2. The molecule has 0 unspecified atom stereocenters. The second-order valence-electron chi connectivity index (χ2n) is 4.18. The van der Waals surface area contributed by atoms with Crippen LogP contribution >= 0.6 is 0 Å². The molecule has 1 aromatic heterocycles. The summed E-state index contributed by atoms with van der Waals surface area (Å²) >= 11 is 0. The molecule has 1 heterocycles. The van der Waals surface area contributed by atoms with Crippen LogP contribution in [-0.2, 0) is 12.8 Å². The Bertz CT molecular complexity index is 687. The van der Waals surface area contributed by atoms with E-state index in [0.29, 0.717) is 11.0 Å². The monoisotopic (exact) mass is 231 g/mol. The summed E-state index contributed by atoms with van der Waals surface area (Å²) in [6.45, 7) is 0. The first-order valence-corrected chi connectivity index (χ1v) is 5.38. The lowest BCUT2D eigenvalue weighted by Gasteiger charge is -2.01. The molecule has 0 saturated heterocycles. The lowest BCUT2D eigenvalue weighted by Crippen LogP contribution is -2.08. The third kappa shape index (κ3) is 1.43. The van der Waals surface area contributed by atoms with Crippen molar-refractivity contribution in [3.63, 3.8) is 0 Å². The van der Waals surface area contributed by atoms with E-state index in [4.69, 9.17) is 4.42 Å². The van der Waals surface area contributed by atoms with Crippen LogP contribution < -0.4 is 5.43 Å². The zero-order valence-electron chi connectivity index (χ0n) is 8.93. The van der Waals surface area contributed by atoms with E-state index in [1.54, 1.807) is 6.07 Å². The minimum Gasteiger partial charge on any atom is -0.457 e. The predicted octanol–water partition coefficient (Wildman–Crippen LogP) is 2.19. The zero-order valence-corrected chi connectivity index (χ0v) is 8.93. The Labute approximate surface area is 95.8 Å². The second-order valence-corrected chi connectivity index (χ2v) is 4.18. The van der Waals surface area contributed by atoms with Crippen molar-refractivity contribution in [3.05, 3.63) is 49.9 Å². The van der Waals surface area contributed by atoms with Gasteiger partial charge in [-0.25, -0.2) is 0 Å². The Balaban J connectivity index is 2.37. The molecule has 1 aromatic carbocycles. The Hall–Kier alpha value is -2.17. The normalized spacial score (nSPS) is 13.9. The molecule has 0 bridgehead atoms. The van der Waals surface area contributed by atoms with Crippen LogP contribution in [0, 0.1) is 10.1 Å². The fraction of sp³-hybridized carbons (Fsp3) is 0.250. The molecule has 0 aliphatic heterocycles. The topological polar surface area (TPSA) is 73.3 Å². The Morgan fingerprint density at radius 1 is 1.24 bits per heavy atom. The highest BCUT2D eigenvalue weighted by Crippen LogP contribution is 2.26. The molecule has 0 amide bonds. The molecule has 17 heavy (non-hydrogen) atoms. The van der Waals surface area contributed by atoms with Crippen LogP contribution in [0.3, 0.4) is 0 Å². The molecule has 5 heteroatoms. The van der Waals surface area contributed by atoms with E-state index in [2.05, 4.69) is 0 Å². The highest BCUT2D eigenvalue weighted by atomic mass is 16.6. The van der Waals surface area contributed by atoms with Crippen molar-refractivity contribution in [2.75, 3.05) is 0 Å². The van der Waals surface area contributed by atoms with E-state index in [1.165, 1.54) is 5.56 Å². The van der Waals surface area contributed by atoms with Crippen LogP contribution in [0.1, 0.15) is 17.5 Å². The maximum atomic E-state index is 11.9. The first-order valence-electron chi connectivity index (χ1n) is 5.38. The molecule has 2 aromatic rings. The molecule has 0 saturated carbocycles. The average molecular weight is 231 g/mol. The maximum absolute atomic E-state index is 11.9. The van der Waals surface area contributed by atoms with Gasteiger partial charge < -0.3 is 4.42 Å². The van der Waals surface area contributed by atoms with E-state index < -0.39 is 16.0 Å². The fourth-order valence-corrected chi connectivity index (χ4v) is 2.31. The van der Waals surface area contributed by atoms with Gasteiger partial charge in [0.1, 0.15) is 5.58 Å². The van der Waals surface area contributed by atoms with Crippen molar-refractivity contribution < 1.29 is 9.34 Å². The minimum absolute atomic E-state index is 0.305. The summed E-state index contributed by atoms with van der Waals surface area (Å²) in [6, 6.07) is 3.55. The fourth-order valence-electron chi connectivity index (χ4n) is 2.31. The number of nitrogens with zero attached hydrogens (tertiary/aromatic N) is 1. The van der Waals surface area contributed by atoms with E-state index in [-0.39, 0.29) is 0 Å². The van der Waals surface area contributed by atoms with Gasteiger partial charge in [-0.1, -0.05) is 0 Å². The number of hydrogen-bond donors (Lipinski definition) is 0. The van der Waals surface area contributed by atoms with E-state index >= 15 is 0 Å². The predicted molar refractivity (Wildman–Crippen MR) is 61.2 cm³/mol. The van der Waals surface area contributed by atoms with E-state index in [0.717, 1.165) is 31.1 Å². The highest BCUT2D eigenvalue weighted by molar-refractivity contribution is 5.80. The summed E-state index contributed by atoms with van der Waals surface area (Å²) in [5, 5.41) is 11.0. The average Bonchev–Trinajstić information content (AvgIpc) is 2.73. The van der Waals surface area contributed by atoms with E-state index in [1.807, 2.05) is 6.07 Å². The van der Waals surface area contributed by atoms with Gasteiger partial charge in [-0.15, -0.1) is 0 Å². The third-order valence-corrected chi connectivity index (χ3v) is 3.17. The molecule has 0 fully saturated rings. The van der Waals surface area contributed by atoms with Gasteiger partial charge in [-0.3, -0.25) is 14.9 Å². The summed E-state index contributed by atoms with van der Waals surface area (Å²) in [4.78, 5) is 21.8. The largest absolute Gasteiger partial charge is 0.457 e. The van der Waals surface area contributed by atoms with Crippen molar-refractivity contribution in [2.45, 2.75) is 19.3 Å². The zero-order chi connectivity index (χ0) is 12.0. The molecular weight excluding hydrogens is 222 g/mol. The summed E-state index contributed by atoms with van der Waals surface area (Å²) in [6.07, 6.45) is 3.88. The van der Waals surface area contributed by atoms with Gasteiger partial charge in [0.25, 0.3) is 5.43 Å². The Morgan fingerprint density at radius 3 is 2.65 bits per heavy atom. The molecule has 1 aliphatic rings. The van der Waals surface area contributed by atoms with Crippen LogP contribution in [0.5, 0.6) is 0 Å². The quantitative estimate of drug-likeness (QED) is 0.557. The van der Waals surface area contributed by atoms with Crippen LogP contribution in [0.15, 0.2) is 27.6 Å². The van der Waals surface area contributed by atoms with Gasteiger partial charge in [-0.05, 0) is 42.5 Å². The van der Waals surface area contributed by atoms with Gasteiger partial charge in [0.15, 0.2) is 6.26 Å². The van der Waals surface area contributed by atoms with E-state index in [9.17, 15) is 14.9 Å². The third-order valence-electron chi connectivity index (χ3n) is 3.17. The van der Waals surface area contributed by atoms with Crippen molar-refractivity contribution in [2.24, 2.45) is 0 Å². The van der Waals surface area contributed by atoms with Gasteiger partial charge >= 0.3 is 5.69 Å². The molecule has 0 spiro atoms. The SMILES string of the molecule is O=c1c([N+](=O)[O-])coc2cc3c(cc12)CCC3. The van der Waals surface area contributed by atoms with Gasteiger partial charge in [0.05, 0.1) is 10.3 Å². The molecule has 0 radical (unpaired) electrons. The molecule has 0 atom stereocenters. The summed E-state index contributed by atoms with van der Waals surface area (Å²) in [5.74, 6) is 0. The molecule has 5 nitrogen and oxygen atoms in total. The smallest absolute Gasteiger partial charge is 0.351 e. The first kappa shape index (κ1) is 10.0. The molecule has 0 N–H and O–H groups in total. The van der Waals surface area contributed by atoms with Gasteiger partial charge in [0, 0.05) is 0 Å². The van der Waals surface area contributed by atoms with Crippen molar-refractivity contribution in [1.29, 1.82) is 0 Å². The van der Waals surface area contributed by atoms with Crippen molar-refractivity contribution >= 4 is 16.7 Å². The Morgan fingerprint density at radius 2 is 1.94 bits per heavy atom. The molecular formula is C12H9NO4. The summed E-state index contributed by atoms with van der Waals surface area (Å²) in [7, 11) is 0. The number of benzene rings is 1. The summed E-state index contributed by atoms with van der Waals surface area (Å²) < 4.78 is 5.17. The standard InChI is InChI=1S/C12H9NO4/c14-12-9-4-7-2-1-3-8(7)5-11(9)17-6-10(12)13(15)16/h4-6H,1-3H2. The number of nitro groups is 1. The Kier molecular flexibility index (Phi) is 2.01. The van der Waals surface area contributed by atoms with Crippen LogP contribution in [0.4, 0.5) is 5.69 Å². The van der Waals surface area contributed by atoms with Gasteiger partial charge in [-0.2, -0.15) is 0 Å². The lowest BCUT2D eigenvalue weighted by molar-refractivity contribution is -0.386. The number of aryl methyl sites for hydroxylation is 2. The van der Waals surface area contributed by atoms with Crippen LogP contribution in [0.25, 0.3) is 11.0 Å². The minimum atomic E-state index is -0.710. The maximum Gasteiger partial charge on any atom is 0.351 e. The summed E-state index contributed by atoms with van der Waals surface area (Å²) in [5.41, 5.74) is 1.64. The molecule has 1 aliphatic carbocycles. The van der Waals surface area contributed by atoms with Crippen LogP contribution in [-0.4, -0.2) is 4.92 Å². The lowest BCUT2D eigenvalue weighted by atomic mass is 10.1. The highest BCUT2D eigenvalue weighted by Gasteiger charge is 2.19. The molecule has 3 rings (SSSR count). The first-order chi connectivity index (χ1) is 8.16. The number of hydrogen-bond acceptors (Lipinski definition) is 4. The second kappa shape index (κ2) is 3.41.